The van der Waals surface area contributed by atoms with Crippen LogP contribution in [0.3, 0.4) is 0 Å². The van der Waals surface area contributed by atoms with Crippen LogP contribution in [0.1, 0.15) is 11.1 Å². The van der Waals surface area contributed by atoms with E-state index in [4.69, 9.17) is 5.73 Å². The molecule has 2 unspecified atom stereocenters. The maximum atomic E-state index is 14.0. The molecule has 2 aromatic carbocycles. The molecule has 1 saturated heterocycles. The fourth-order valence-electron chi connectivity index (χ4n) is 3.72. The third kappa shape index (κ3) is 5.77. The third-order valence-corrected chi connectivity index (χ3v) is 5.43. The number of benzene rings is 2. The van der Waals surface area contributed by atoms with E-state index < -0.39 is 17.7 Å². The van der Waals surface area contributed by atoms with Gasteiger partial charge in [-0.1, -0.05) is 36.4 Å². The fourth-order valence-corrected chi connectivity index (χ4v) is 3.72. The van der Waals surface area contributed by atoms with E-state index in [-0.39, 0.29) is 43.0 Å². The number of nitrogens with one attached hydrogen (secondary N) is 1. The normalized spacial score (nSPS) is 17.9. The number of rotatable bonds is 8. The lowest BCUT2D eigenvalue weighted by Crippen LogP contribution is -2.44. The van der Waals surface area contributed by atoms with E-state index in [0.29, 0.717) is 37.1 Å². The number of carbonyl (C=O) groups is 2. The molecule has 0 aromatic heterocycles. The lowest BCUT2D eigenvalue weighted by molar-refractivity contribution is -0.139. The van der Waals surface area contributed by atoms with Crippen molar-refractivity contribution in [2.24, 2.45) is 17.6 Å². The van der Waals surface area contributed by atoms with Gasteiger partial charge in [0.05, 0.1) is 11.8 Å². The Morgan fingerprint density at radius 3 is 1.83 bits per heavy atom. The first-order chi connectivity index (χ1) is 14.0. The second kappa shape index (κ2) is 11.0. The highest BCUT2D eigenvalue weighted by molar-refractivity contribution is 5.88. The van der Waals surface area contributed by atoms with Gasteiger partial charge in [-0.05, 0) is 36.1 Å². The zero-order valence-corrected chi connectivity index (χ0v) is 17.3. The van der Waals surface area contributed by atoms with Crippen molar-refractivity contribution in [3.05, 3.63) is 71.3 Å². The maximum Gasteiger partial charge on any atom is 0.227 e. The summed E-state index contributed by atoms with van der Waals surface area (Å²) in [4.78, 5) is 26.5. The number of nitrogens with two attached hydrogens (primary N) is 1. The molecular weight excluding hydrogens is 412 g/mol. The highest BCUT2D eigenvalue weighted by Gasteiger charge is 2.38. The second-order valence-electron chi connectivity index (χ2n) is 7.28. The minimum absolute atomic E-state index is 0. The highest BCUT2D eigenvalue weighted by Crippen LogP contribution is 2.20. The van der Waals surface area contributed by atoms with Crippen LogP contribution in [0.4, 0.5) is 8.78 Å². The van der Waals surface area contributed by atoms with Crippen molar-refractivity contribution in [1.82, 2.24) is 10.2 Å². The third-order valence-electron chi connectivity index (χ3n) is 5.43. The van der Waals surface area contributed by atoms with E-state index in [0.717, 1.165) is 0 Å². The van der Waals surface area contributed by atoms with Gasteiger partial charge in [-0.15, -0.1) is 12.4 Å². The quantitative estimate of drug-likeness (QED) is 0.665. The van der Waals surface area contributed by atoms with E-state index in [9.17, 15) is 18.4 Å². The number of nitrogens with zero attached hydrogens (tertiary/aromatic N) is 1. The molecule has 0 aliphatic carbocycles. The molecule has 30 heavy (non-hydrogen) atoms. The SMILES string of the molecule is Cl.NC(=O)C1CNCC1C(=O)N(CCc1ccccc1F)CCc1ccccc1F. The van der Waals surface area contributed by atoms with Crippen molar-refractivity contribution < 1.29 is 18.4 Å². The van der Waals surface area contributed by atoms with Crippen LogP contribution in [0.15, 0.2) is 48.5 Å². The Kier molecular flexibility index (Phi) is 8.74. The van der Waals surface area contributed by atoms with Gasteiger partial charge in [-0.3, -0.25) is 9.59 Å². The first kappa shape index (κ1) is 23.8. The Bertz CT molecular complexity index is 831. The summed E-state index contributed by atoms with van der Waals surface area (Å²) in [6, 6.07) is 12.8. The minimum atomic E-state index is -0.577. The van der Waals surface area contributed by atoms with Crippen LogP contribution in [-0.4, -0.2) is 42.9 Å². The van der Waals surface area contributed by atoms with Crippen LogP contribution in [0.25, 0.3) is 0 Å². The number of primary amides is 1. The molecule has 1 heterocycles. The van der Waals surface area contributed by atoms with Crippen molar-refractivity contribution in [2.75, 3.05) is 26.2 Å². The molecule has 162 valence electrons. The molecule has 8 heteroatoms. The summed E-state index contributed by atoms with van der Waals surface area (Å²) in [6.07, 6.45) is 0.661. The van der Waals surface area contributed by atoms with Crippen molar-refractivity contribution in [3.8, 4) is 0 Å². The standard InChI is InChI=1S/C22H25F2N3O2.ClH/c23-19-7-3-1-5-15(19)9-11-27(12-10-16-6-2-4-8-20(16)24)22(29)18-14-26-13-17(18)21(25)28;/h1-8,17-18,26H,9-14H2,(H2,25,28);1H. The van der Waals surface area contributed by atoms with Crippen molar-refractivity contribution in [2.45, 2.75) is 12.8 Å². The molecule has 3 rings (SSSR count). The Morgan fingerprint density at radius 1 is 0.900 bits per heavy atom. The van der Waals surface area contributed by atoms with Crippen LogP contribution in [-0.2, 0) is 22.4 Å². The Labute approximate surface area is 181 Å². The molecule has 5 nitrogen and oxygen atoms in total. The predicted octanol–water partition coefficient (Wildman–Crippen LogP) is 2.32. The molecule has 3 N–H and O–H groups in total. The summed E-state index contributed by atoms with van der Waals surface area (Å²) in [7, 11) is 0. The average molecular weight is 438 g/mol. The van der Waals surface area contributed by atoms with Crippen molar-refractivity contribution in [1.29, 1.82) is 0 Å². The molecule has 0 saturated carbocycles. The summed E-state index contributed by atoms with van der Waals surface area (Å²) in [5, 5.41) is 3.04. The van der Waals surface area contributed by atoms with Gasteiger partial charge in [-0.2, -0.15) is 0 Å². The molecule has 0 bridgehead atoms. The lowest BCUT2D eigenvalue weighted by Gasteiger charge is -2.27. The van der Waals surface area contributed by atoms with E-state index in [2.05, 4.69) is 5.32 Å². The maximum absolute atomic E-state index is 14.0. The van der Waals surface area contributed by atoms with E-state index in [1.54, 1.807) is 41.3 Å². The predicted molar refractivity (Wildman–Crippen MR) is 113 cm³/mol. The molecule has 0 spiro atoms. The van der Waals surface area contributed by atoms with E-state index in [1.165, 1.54) is 12.1 Å². The Hall–Kier alpha value is -2.51. The number of hydrogen-bond donors (Lipinski definition) is 2. The molecule has 2 atom stereocenters. The second-order valence-corrected chi connectivity index (χ2v) is 7.28. The summed E-state index contributed by atoms with van der Waals surface area (Å²) in [6.45, 7) is 1.27. The number of carbonyl (C=O) groups excluding carboxylic acids is 2. The summed E-state index contributed by atoms with van der Waals surface area (Å²) < 4.78 is 28.0. The van der Waals surface area contributed by atoms with Crippen LogP contribution in [0.5, 0.6) is 0 Å². The van der Waals surface area contributed by atoms with E-state index >= 15 is 0 Å². The molecule has 2 amide bonds. The Balaban J connectivity index is 0.00000320. The molecule has 1 aliphatic rings. The smallest absolute Gasteiger partial charge is 0.227 e. The Morgan fingerprint density at radius 2 is 1.37 bits per heavy atom. The van der Waals surface area contributed by atoms with Gasteiger partial charge >= 0.3 is 0 Å². The fraction of sp³-hybridized carbons (Fsp3) is 0.364. The monoisotopic (exact) mass is 437 g/mol. The summed E-state index contributed by atoms with van der Waals surface area (Å²) >= 11 is 0. The molecule has 1 aliphatic heterocycles. The van der Waals surface area contributed by atoms with Gasteiger partial charge < -0.3 is 16.0 Å². The van der Waals surface area contributed by atoms with Gasteiger partial charge in [0.2, 0.25) is 11.8 Å². The van der Waals surface area contributed by atoms with Crippen LogP contribution < -0.4 is 11.1 Å². The van der Waals surface area contributed by atoms with Crippen LogP contribution in [0.2, 0.25) is 0 Å². The van der Waals surface area contributed by atoms with Crippen LogP contribution in [0, 0.1) is 23.5 Å². The molecule has 2 aromatic rings. The summed E-state index contributed by atoms with van der Waals surface area (Å²) in [5.41, 5.74) is 6.46. The first-order valence-electron chi connectivity index (χ1n) is 9.73. The van der Waals surface area contributed by atoms with Gasteiger partial charge in [-0.25, -0.2) is 8.78 Å². The topological polar surface area (TPSA) is 75.4 Å². The van der Waals surface area contributed by atoms with Crippen molar-refractivity contribution in [3.63, 3.8) is 0 Å². The van der Waals surface area contributed by atoms with Crippen LogP contribution >= 0.6 is 12.4 Å². The van der Waals surface area contributed by atoms with Gasteiger partial charge in [0.1, 0.15) is 11.6 Å². The number of hydrogen-bond acceptors (Lipinski definition) is 3. The van der Waals surface area contributed by atoms with Crippen molar-refractivity contribution >= 4 is 24.2 Å². The van der Waals surface area contributed by atoms with E-state index in [1.807, 2.05) is 0 Å². The molecular formula is C22H26ClF2N3O2. The van der Waals surface area contributed by atoms with Gasteiger partial charge in [0, 0.05) is 26.2 Å². The molecule has 1 fully saturated rings. The van der Waals surface area contributed by atoms with Gasteiger partial charge in [0.15, 0.2) is 0 Å². The number of amides is 2. The highest BCUT2D eigenvalue weighted by atomic mass is 35.5. The number of halogens is 3. The largest absolute Gasteiger partial charge is 0.369 e. The molecule has 0 radical (unpaired) electrons. The minimum Gasteiger partial charge on any atom is -0.369 e. The average Bonchev–Trinajstić information content (AvgIpc) is 3.20. The van der Waals surface area contributed by atoms with Gasteiger partial charge in [0.25, 0.3) is 0 Å². The zero-order valence-electron chi connectivity index (χ0n) is 16.5. The summed E-state index contributed by atoms with van der Waals surface area (Å²) in [5.74, 6) is -2.53. The first-order valence-corrected chi connectivity index (χ1v) is 9.73. The lowest BCUT2D eigenvalue weighted by atomic mass is 9.93. The zero-order chi connectivity index (χ0) is 20.8.